The number of para-hydroxylation sites is 1. The highest BCUT2D eigenvalue weighted by molar-refractivity contribution is 5.81. The Labute approximate surface area is 88.1 Å². The van der Waals surface area contributed by atoms with Crippen LogP contribution in [0.15, 0.2) is 24.3 Å². The molecule has 0 saturated carbocycles. The number of nitrogens with two attached hydrogens (primary N) is 1. The molecule has 1 atom stereocenters. The molecule has 4 N–H and O–H groups in total. The number of benzene rings is 1. The first kappa shape index (κ1) is 10.1. The number of fused-ring (bicyclic) bond motifs is 1. The normalized spacial score (nSPS) is 15.4. The average molecular weight is 205 g/mol. The number of aliphatic hydroxyl groups is 1. The Morgan fingerprint density at radius 1 is 1.47 bits per heavy atom. The number of aliphatic hydroxyl groups excluding tert-OH is 1. The van der Waals surface area contributed by atoms with E-state index in [1.165, 1.54) is 0 Å². The van der Waals surface area contributed by atoms with Crippen LogP contribution in [0.4, 0.5) is 0 Å². The Morgan fingerprint density at radius 3 is 2.93 bits per heavy atom. The van der Waals surface area contributed by atoms with Gasteiger partial charge in [-0.2, -0.15) is 5.10 Å². The third-order valence-electron chi connectivity index (χ3n) is 2.48. The summed E-state index contributed by atoms with van der Waals surface area (Å²) in [7, 11) is 0. The highest BCUT2D eigenvalue weighted by atomic mass is 16.3. The average Bonchev–Trinajstić information content (AvgIpc) is 2.62. The fourth-order valence-corrected chi connectivity index (χ4v) is 1.61. The first-order valence-electron chi connectivity index (χ1n) is 4.94. The summed E-state index contributed by atoms with van der Waals surface area (Å²) >= 11 is 0. The molecular weight excluding hydrogens is 190 g/mol. The summed E-state index contributed by atoms with van der Waals surface area (Å²) in [5, 5.41) is 17.3. The van der Waals surface area contributed by atoms with E-state index in [4.69, 9.17) is 10.8 Å². The lowest BCUT2D eigenvalue weighted by molar-refractivity contribution is 0.207. The third kappa shape index (κ3) is 2.00. The van der Waals surface area contributed by atoms with Crippen LogP contribution >= 0.6 is 0 Å². The zero-order valence-electron chi connectivity index (χ0n) is 8.70. The lowest BCUT2D eigenvalue weighted by Gasteiger charge is -2.20. The predicted molar refractivity (Wildman–Crippen MR) is 59.5 cm³/mol. The quantitative estimate of drug-likeness (QED) is 0.694. The minimum Gasteiger partial charge on any atom is -0.394 e. The van der Waals surface area contributed by atoms with Crippen LogP contribution < -0.4 is 5.73 Å². The molecular formula is C11H15N3O. The molecule has 0 aliphatic carbocycles. The molecule has 1 aromatic heterocycles. The van der Waals surface area contributed by atoms with Crippen molar-refractivity contribution in [3.05, 3.63) is 30.0 Å². The van der Waals surface area contributed by atoms with Gasteiger partial charge < -0.3 is 10.8 Å². The van der Waals surface area contributed by atoms with Gasteiger partial charge in [0.2, 0.25) is 0 Å². The van der Waals surface area contributed by atoms with Crippen molar-refractivity contribution in [2.24, 2.45) is 5.73 Å². The summed E-state index contributed by atoms with van der Waals surface area (Å²) in [6.45, 7) is 1.78. The standard InChI is InChI=1S/C11H15N3O/c1-11(12,7-15)6-10-8-4-2-3-5-9(8)13-14-10/h2-5,15H,6-7,12H2,1H3,(H,13,14). The molecule has 0 spiro atoms. The van der Waals surface area contributed by atoms with E-state index in [1.54, 1.807) is 0 Å². The van der Waals surface area contributed by atoms with Gasteiger partial charge in [0.25, 0.3) is 0 Å². The van der Waals surface area contributed by atoms with Gasteiger partial charge >= 0.3 is 0 Å². The van der Waals surface area contributed by atoms with E-state index in [0.29, 0.717) is 6.42 Å². The van der Waals surface area contributed by atoms with E-state index in [-0.39, 0.29) is 6.61 Å². The van der Waals surface area contributed by atoms with Gasteiger partial charge in [-0.05, 0) is 13.0 Å². The fraction of sp³-hybridized carbons (Fsp3) is 0.364. The number of hydrogen-bond donors (Lipinski definition) is 3. The molecule has 2 aromatic rings. The zero-order chi connectivity index (χ0) is 10.9. The van der Waals surface area contributed by atoms with Gasteiger partial charge in [0, 0.05) is 23.0 Å². The topological polar surface area (TPSA) is 74.9 Å². The van der Waals surface area contributed by atoms with Crippen LogP contribution in [0.5, 0.6) is 0 Å². The number of hydrogen-bond acceptors (Lipinski definition) is 3. The summed E-state index contributed by atoms with van der Waals surface area (Å²) in [6.07, 6.45) is 0.587. The lowest BCUT2D eigenvalue weighted by atomic mass is 9.97. The maximum atomic E-state index is 9.11. The van der Waals surface area contributed by atoms with Crippen LogP contribution in [0.3, 0.4) is 0 Å². The molecule has 1 aromatic carbocycles. The van der Waals surface area contributed by atoms with Gasteiger partial charge in [0.15, 0.2) is 0 Å². The van der Waals surface area contributed by atoms with Gasteiger partial charge in [-0.25, -0.2) is 0 Å². The predicted octanol–water partition coefficient (Wildman–Crippen LogP) is 0.815. The SMILES string of the molecule is CC(N)(CO)Cc1[nH]nc2ccccc12. The second-order valence-electron chi connectivity index (χ2n) is 4.21. The number of aromatic nitrogens is 2. The molecule has 1 unspecified atom stereocenters. The van der Waals surface area contributed by atoms with Crippen molar-refractivity contribution in [1.29, 1.82) is 0 Å². The largest absolute Gasteiger partial charge is 0.394 e. The van der Waals surface area contributed by atoms with Crippen molar-refractivity contribution in [2.75, 3.05) is 6.61 Å². The zero-order valence-corrected chi connectivity index (χ0v) is 8.70. The first-order valence-corrected chi connectivity index (χ1v) is 4.94. The van der Waals surface area contributed by atoms with E-state index in [0.717, 1.165) is 16.6 Å². The smallest absolute Gasteiger partial charge is 0.0923 e. The molecule has 0 radical (unpaired) electrons. The van der Waals surface area contributed by atoms with E-state index < -0.39 is 5.54 Å². The van der Waals surface area contributed by atoms with Crippen molar-refractivity contribution in [2.45, 2.75) is 18.9 Å². The lowest BCUT2D eigenvalue weighted by Crippen LogP contribution is -2.42. The molecule has 0 saturated heterocycles. The molecule has 0 aliphatic heterocycles. The third-order valence-corrected chi connectivity index (χ3v) is 2.48. The van der Waals surface area contributed by atoms with E-state index >= 15 is 0 Å². The van der Waals surface area contributed by atoms with Crippen LogP contribution in [0, 0.1) is 0 Å². The molecule has 80 valence electrons. The summed E-state index contributed by atoms with van der Waals surface area (Å²) in [5.41, 5.74) is 7.21. The number of H-pyrrole nitrogens is 1. The van der Waals surface area contributed by atoms with E-state index in [2.05, 4.69) is 10.2 Å². The Morgan fingerprint density at radius 2 is 2.20 bits per heavy atom. The van der Waals surface area contributed by atoms with Crippen LogP contribution in [0.1, 0.15) is 12.6 Å². The number of nitrogens with one attached hydrogen (secondary N) is 1. The van der Waals surface area contributed by atoms with Crippen LogP contribution in [0.25, 0.3) is 10.9 Å². The van der Waals surface area contributed by atoms with Gasteiger partial charge in [0.05, 0.1) is 12.1 Å². The molecule has 0 fully saturated rings. The molecule has 4 heteroatoms. The van der Waals surface area contributed by atoms with Crippen molar-refractivity contribution < 1.29 is 5.11 Å². The molecule has 1 heterocycles. The highest BCUT2D eigenvalue weighted by Gasteiger charge is 2.20. The Kier molecular flexibility index (Phi) is 2.46. The van der Waals surface area contributed by atoms with Gasteiger partial charge in [-0.15, -0.1) is 0 Å². The van der Waals surface area contributed by atoms with Crippen LogP contribution in [-0.2, 0) is 6.42 Å². The summed E-state index contributed by atoms with van der Waals surface area (Å²) in [6, 6.07) is 7.86. The summed E-state index contributed by atoms with van der Waals surface area (Å²) in [4.78, 5) is 0. The van der Waals surface area contributed by atoms with Gasteiger partial charge in [0.1, 0.15) is 0 Å². The minimum atomic E-state index is -0.602. The Bertz CT molecular complexity index is 462. The summed E-state index contributed by atoms with van der Waals surface area (Å²) in [5.74, 6) is 0. The van der Waals surface area contributed by atoms with Gasteiger partial charge in [-0.3, -0.25) is 5.10 Å². The molecule has 0 bridgehead atoms. The first-order chi connectivity index (χ1) is 7.12. The van der Waals surface area contributed by atoms with Crippen molar-refractivity contribution in [3.63, 3.8) is 0 Å². The number of rotatable bonds is 3. The van der Waals surface area contributed by atoms with Crippen molar-refractivity contribution in [1.82, 2.24) is 10.2 Å². The fourth-order valence-electron chi connectivity index (χ4n) is 1.61. The maximum absolute atomic E-state index is 9.11. The Balaban J connectivity index is 2.37. The number of nitrogens with zero attached hydrogens (tertiary/aromatic N) is 1. The molecule has 0 aliphatic rings. The van der Waals surface area contributed by atoms with E-state index in [1.807, 2.05) is 31.2 Å². The monoisotopic (exact) mass is 205 g/mol. The van der Waals surface area contributed by atoms with Crippen LogP contribution in [0.2, 0.25) is 0 Å². The minimum absolute atomic E-state index is 0.0413. The molecule has 15 heavy (non-hydrogen) atoms. The second-order valence-corrected chi connectivity index (χ2v) is 4.21. The molecule has 0 amide bonds. The van der Waals surface area contributed by atoms with Gasteiger partial charge in [-0.1, -0.05) is 18.2 Å². The second kappa shape index (κ2) is 3.64. The Hall–Kier alpha value is -1.39. The highest BCUT2D eigenvalue weighted by Crippen LogP contribution is 2.18. The molecule has 4 nitrogen and oxygen atoms in total. The number of aromatic amines is 1. The van der Waals surface area contributed by atoms with Crippen LogP contribution in [-0.4, -0.2) is 27.4 Å². The van der Waals surface area contributed by atoms with Crippen molar-refractivity contribution >= 4 is 10.9 Å². The van der Waals surface area contributed by atoms with E-state index in [9.17, 15) is 0 Å². The summed E-state index contributed by atoms with van der Waals surface area (Å²) < 4.78 is 0. The maximum Gasteiger partial charge on any atom is 0.0923 e. The molecule has 2 rings (SSSR count). The van der Waals surface area contributed by atoms with Crippen molar-refractivity contribution in [3.8, 4) is 0 Å².